The van der Waals surface area contributed by atoms with Crippen molar-refractivity contribution in [1.29, 1.82) is 0 Å². The Kier molecular flexibility index (Phi) is 4.44. The van der Waals surface area contributed by atoms with Crippen molar-refractivity contribution in [3.05, 3.63) is 0 Å². The van der Waals surface area contributed by atoms with Gasteiger partial charge in [-0.1, -0.05) is 19.3 Å². The molecule has 0 unspecified atom stereocenters. The molecule has 2 rings (SSSR count). The Morgan fingerprint density at radius 1 is 1.11 bits per heavy atom. The van der Waals surface area contributed by atoms with Crippen LogP contribution in [0.4, 0.5) is 4.79 Å². The topological polar surface area (TPSA) is 58.6 Å². The summed E-state index contributed by atoms with van der Waals surface area (Å²) in [4.78, 5) is 25.3. The Bertz CT molecular complexity index is 313. The smallest absolute Gasteiger partial charge is 0.410 e. The molecule has 2 aliphatic rings. The summed E-state index contributed by atoms with van der Waals surface area (Å²) in [5, 5.41) is 3.08. The lowest BCUT2D eigenvalue weighted by Crippen LogP contribution is -2.49. The maximum Gasteiger partial charge on any atom is 0.410 e. The third-order valence-electron chi connectivity index (χ3n) is 3.92. The van der Waals surface area contributed by atoms with Gasteiger partial charge in [0.15, 0.2) is 0 Å². The van der Waals surface area contributed by atoms with E-state index in [1.165, 1.54) is 31.3 Å². The molecule has 0 radical (unpaired) electrons. The largest absolute Gasteiger partial charge is 0.453 e. The lowest BCUT2D eigenvalue weighted by molar-refractivity contribution is -0.126. The van der Waals surface area contributed by atoms with Crippen molar-refractivity contribution in [3.8, 4) is 0 Å². The minimum atomic E-state index is -0.392. The average Bonchev–Trinajstić information content (AvgIpc) is 2.88. The van der Waals surface area contributed by atoms with Gasteiger partial charge in [-0.05, 0) is 25.7 Å². The van der Waals surface area contributed by atoms with Gasteiger partial charge in [-0.25, -0.2) is 4.79 Å². The van der Waals surface area contributed by atoms with E-state index in [4.69, 9.17) is 4.74 Å². The molecule has 2 fully saturated rings. The first kappa shape index (κ1) is 13.2. The number of methoxy groups -OCH3 is 1. The van der Waals surface area contributed by atoms with Crippen LogP contribution < -0.4 is 5.32 Å². The molecule has 5 nitrogen and oxygen atoms in total. The zero-order valence-corrected chi connectivity index (χ0v) is 11.0. The van der Waals surface area contributed by atoms with Crippen molar-refractivity contribution in [2.75, 3.05) is 13.7 Å². The number of hydrogen-bond acceptors (Lipinski definition) is 3. The summed E-state index contributed by atoms with van der Waals surface area (Å²) in [5.74, 6) is -0.00944. The molecule has 0 spiro atoms. The lowest BCUT2D eigenvalue weighted by Gasteiger charge is -2.27. The van der Waals surface area contributed by atoms with Gasteiger partial charge < -0.3 is 10.1 Å². The van der Waals surface area contributed by atoms with Gasteiger partial charge in [-0.2, -0.15) is 0 Å². The number of rotatable bonds is 2. The van der Waals surface area contributed by atoms with Gasteiger partial charge in [0, 0.05) is 12.6 Å². The van der Waals surface area contributed by atoms with E-state index < -0.39 is 6.09 Å². The molecule has 1 aliphatic heterocycles. The molecule has 1 saturated carbocycles. The zero-order valence-electron chi connectivity index (χ0n) is 11.0. The summed E-state index contributed by atoms with van der Waals surface area (Å²) in [6.45, 7) is 0.620. The fraction of sp³-hybridized carbons (Fsp3) is 0.846. The molecule has 0 aromatic heterocycles. The van der Waals surface area contributed by atoms with Crippen LogP contribution in [-0.4, -0.2) is 42.6 Å². The molecule has 102 valence electrons. The summed E-state index contributed by atoms with van der Waals surface area (Å²) >= 11 is 0. The standard InChI is InChI=1S/C13H22N2O3/c1-18-13(17)15-9-5-8-11(15)12(16)14-10-6-3-2-4-7-10/h10-11H,2-9H2,1H3,(H,14,16)/t11-/m1/s1. The Hall–Kier alpha value is -1.26. The average molecular weight is 254 g/mol. The summed E-state index contributed by atoms with van der Waals surface area (Å²) < 4.78 is 4.71. The first-order chi connectivity index (χ1) is 8.72. The highest BCUT2D eigenvalue weighted by molar-refractivity contribution is 5.86. The van der Waals surface area contributed by atoms with E-state index in [9.17, 15) is 9.59 Å². The number of amides is 2. The van der Waals surface area contributed by atoms with Crippen LogP contribution >= 0.6 is 0 Å². The van der Waals surface area contributed by atoms with E-state index in [1.807, 2.05) is 0 Å². The Balaban J connectivity index is 1.89. The summed E-state index contributed by atoms with van der Waals surface area (Å²) in [7, 11) is 1.36. The summed E-state index contributed by atoms with van der Waals surface area (Å²) in [6.07, 6.45) is 7.01. The number of carbonyl (C=O) groups excluding carboxylic acids is 2. The van der Waals surface area contributed by atoms with Crippen molar-refractivity contribution in [3.63, 3.8) is 0 Å². The van der Waals surface area contributed by atoms with Crippen molar-refractivity contribution in [2.24, 2.45) is 0 Å². The van der Waals surface area contributed by atoms with Crippen LogP contribution in [0, 0.1) is 0 Å². The maximum atomic E-state index is 12.2. The number of hydrogen-bond donors (Lipinski definition) is 1. The highest BCUT2D eigenvalue weighted by Crippen LogP contribution is 2.21. The van der Waals surface area contributed by atoms with Crippen LogP contribution in [0.3, 0.4) is 0 Å². The third kappa shape index (κ3) is 2.94. The maximum absolute atomic E-state index is 12.2. The third-order valence-corrected chi connectivity index (χ3v) is 3.92. The predicted octanol–water partition coefficient (Wildman–Crippen LogP) is 1.67. The minimum absolute atomic E-state index is 0.00944. The van der Waals surface area contributed by atoms with Crippen LogP contribution in [0.5, 0.6) is 0 Å². The van der Waals surface area contributed by atoms with Crippen LogP contribution in [0.2, 0.25) is 0 Å². The number of nitrogens with one attached hydrogen (secondary N) is 1. The monoisotopic (exact) mass is 254 g/mol. The molecule has 1 heterocycles. The van der Waals surface area contributed by atoms with E-state index in [0.717, 1.165) is 25.7 Å². The molecule has 0 aromatic rings. The van der Waals surface area contributed by atoms with E-state index in [-0.39, 0.29) is 11.9 Å². The molecular weight excluding hydrogens is 232 g/mol. The molecule has 1 atom stereocenters. The Morgan fingerprint density at radius 2 is 1.83 bits per heavy atom. The SMILES string of the molecule is COC(=O)N1CCC[C@@H]1C(=O)NC1CCCCC1. The molecule has 1 aliphatic carbocycles. The fourth-order valence-corrected chi connectivity index (χ4v) is 2.92. The van der Waals surface area contributed by atoms with Gasteiger partial charge in [-0.3, -0.25) is 9.69 Å². The Morgan fingerprint density at radius 3 is 2.50 bits per heavy atom. The summed E-state index contributed by atoms with van der Waals surface area (Å²) in [5.41, 5.74) is 0. The van der Waals surface area contributed by atoms with E-state index >= 15 is 0 Å². The molecule has 0 aromatic carbocycles. The molecular formula is C13H22N2O3. The van der Waals surface area contributed by atoms with Gasteiger partial charge in [0.1, 0.15) is 6.04 Å². The molecule has 1 saturated heterocycles. The van der Waals surface area contributed by atoms with Crippen LogP contribution in [0.1, 0.15) is 44.9 Å². The van der Waals surface area contributed by atoms with Crippen LogP contribution in [0.25, 0.3) is 0 Å². The van der Waals surface area contributed by atoms with Crippen molar-refractivity contribution < 1.29 is 14.3 Å². The summed E-state index contributed by atoms with van der Waals surface area (Å²) in [6, 6.07) is -0.0364. The number of nitrogens with zero attached hydrogens (tertiary/aromatic N) is 1. The highest BCUT2D eigenvalue weighted by atomic mass is 16.5. The van der Waals surface area contributed by atoms with E-state index in [0.29, 0.717) is 12.6 Å². The van der Waals surface area contributed by atoms with Crippen molar-refractivity contribution >= 4 is 12.0 Å². The number of ether oxygens (including phenoxy) is 1. The zero-order chi connectivity index (χ0) is 13.0. The fourth-order valence-electron chi connectivity index (χ4n) is 2.92. The Labute approximate surface area is 108 Å². The van der Waals surface area contributed by atoms with Crippen LogP contribution in [-0.2, 0) is 9.53 Å². The second kappa shape index (κ2) is 6.07. The second-order valence-electron chi connectivity index (χ2n) is 5.16. The van der Waals surface area contributed by atoms with Gasteiger partial charge in [-0.15, -0.1) is 0 Å². The normalized spacial score (nSPS) is 24.9. The van der Waals surface area contributed by atoms with E-state index in [1.54, 1.807) is 0 Å². The molecule has 5 heteroatoms. The van der Waals surface area contributed by atoms with Crippen molar-refractivity contribution in [1.82, 2.24) is 10.2 Å². The molecule has 1 N–H and O–H groups in total. The number of carbonyl (C=O) groups is 2. The van der Waals surface area contributed by atoms with Gasteiger partial charge >= 0.3 is 6.09 Å². The van der Waals surface area contributed by atoms with Crippen LogP contribution in [0.15, 0.2) is 0 Å². The number of likely N-dealkylation sites (tertiary alicyclic amines) is 1. The second-order valence-corrected chi connectivity index (χ2v) is 5.16. The highest BCUT2D eigenvalue weighted by Gasteiger charge is 2.35. The van der Waals surface area contributed by atoms with Gasteiger partial charge in [0.25, 0.3) is 0 Å². The minimum Gasteiger partial charge on any atom is -0.453 e. The molecule has 0 bridgehead atoms. The van der Waals surface area contributed by atoms with Gasteiger partial charge in [0.2, 0.25) is 5.91 Å². The molecule has 18 heavy (non-hydrogen) atoms. The first-order valence-electron chi connectivity index (χ1n) is 6.87. The quantitative estimate of drug-likeness (QED) is 0.815. The van der Waals surface area contributed by atoms with Crippen molar-refractivity contribution in [2.45, 2.75) is 57.0 Å². The first-order valence-corrected chi connectivity index (χ1v) is 6.87. The predicted molar refractivity (Wildman–Crippen MR) is 67.1 cm³/mol. The lowest BCUT2D eigenvalue weighted by atomic mass is 9.95. The molecule has 2 amide bonds. The van der Waals surface area contributed by atoms with Gasteiger partial charge in [0.05, 0.1) is 7.11 Å². The van der Waals surface area contributed by atoms with E-state index in [2.05, 4.69) is 5.32 Å².